The Morgan fingerprint density at radius 1 is 1.25 bits per heavy atom. The molecular formula is C28H28N4O6S2. The van der Waals surface area contributed by atoms with E-state index < -0.39 is 5.56 Å². The van der Waals surface area contributed by atoms with Gasteiger partial charge in [-0.15, -0.1) is 0 Å². The summed E-state index contributed by atoms with van der Waals surface area (Å²) in [6.07, 6.45) is 2.87. The van der Waals surface area contributed by atoms with E-state index in [-0.39, 0.29) is 36.7 Å². The van der Waals surface area contributed by atoms with E-state index in [1.54, 1.807) is 33.0 Å². The number of anilines is 1. The lowest BCUT2D eigenvalue weighted by Crippen LogP contribution is -2.40. The zero-order valence-electron chi connectivity index (χ0n) is 22.4. The van der Waals surface area contributed by atoms with Gasteiger partial charge >= 0.3 is 5.97 Å². The van der Waals surface area contributed by atoms with E-state index in [1.807, 2.05) is 23.1 Å². The number of ether oxygens (including phenoxy) is 3. The number of esters is 1. The van der Waals surface area contributed by atoms with Crippen LogP contribution in [0.2, 0.25) is 0 Å². The lowest BCUT2D eigenvalue weighted by Gasteiger charge is -2.35. The highest BCUT2D eigenvalue weighted by Crippen LogP contribution is 2.38. The zero-order chi connectivity index (χ0) is 28.6. The normalized spacial score (nSPS) is 18.0. The Labute approximate surface area is 241 Å². The number of rotatable bonds is 6. The van der Waals surface area contributed by atoms with Crippen LogP contribution in [0.1, 0.15) is 42.0 Å². The molecular weight excluding hydrogens is 552 g/mol. The number of aromatic nitrogens is 1. The van der Waals surface area contributed by atoms with E-state index in [9.17, 15) is 19.6 Å². The Bertz CT molecular complexity index is 1530. The number of nitriles is 1. The minimum absolute atomic E-state index is 0.0229. The van der Waals surface area contributed by atoms with Crippen molar-refractivity contribution in [1.29, 1.82) is 5.26 Å². The first-order valence-corrected chi connectivity index (χ1v) is 14.1. The topological polar surface area (TPSA) is 114 Å². The largest absolute Gasteiger partial charge is 0.466 e. The molecule has 12 heteroatoms. The summed E-state index contributed by atoms with van der Waals surface area (Å²) < 4.78 is 17.9. The molecule has 40 heavy (non-hydrogen) atoms. The van der Waals surface area contributed by atoms with Crippen LogP contribution in [0.15, 0.2) is 27.9 Å². The number of amides is 1. The molecule has 2 aromatic rings. The second kappa shape index (κ2) is 11.3. The average Bonchev–Trinajstić information content (AvgIpc) is 3.52. The molecule has 5 rings (SSSR count). The molecule has 208 valence electrons. The van der Waals surface area contributed by atoms with E-state index in [4.69, 9.17) is 26.4 Å². The molecule has 10 nitrogen and oxygen atoms in total. The summed E-state index contributed by atoms with van der Waals surface area (Å²) in [6.45, 7) is 5.30. The van der Waals surface area contributed by atoms with Gasteiger partial charge < -0.3 is 19.1 Å². The van der Waals surface area contributed by atoms with E-state index >= 15 is 0 Å². The number of nitrogens with zero attached hydrogens (tertiary/aromatic N) is 4. The summed E-state index contributed by atoms with van der Waals surface area (Å²) >= 11 is 6.75. The molecule has 3 aliphatic rings. The number of carbonyl (C=O) groups is 2. The Morgan fingerprint density at radius 2 is 1.98 bits per heavy atom. The van der Waals surface area contributed by atoms with E-state index in [1.165, 1.54) is 21.2 Å². The van der Waals surface area contributed by atoms with Crippen molar-refractivity contribution in [2.45, 2.75) is 33.2 Å². The molecule has 1 aromatic carbocycles. The quantitative estimate of drug-likeness (QED) is 0.286. The van der Waals surface area contributed by atoms with Crippen molar-refractivity contribution in [2.24, 2.45) is 13.0 Å². The van der Waals surface area contributed by atoms with Gasteiger partial charge in [0.2, 0.25) is 6.79 Å². The van der Waals surface area contributed by atoms with Crippen LogP contribution in [0, 0.1) is 24.2 Å². The predicted molar refractivity (Wildman–Crippen MR) is 154 cm³/mol. The monoisotopic (exact) mass is 580 g/mol. The Hall–Kier alpha value is -3.82. The maximum absolute atomic E-state index is 13.5. The molecule has 0 aliphatic carbocycles. The van der Waals surface area contributed by atoms with Crippen LogP contribution >= 0.6 is 24.0 Å². The van der Waals surface area contributed by atoms with Crippen molar-refractivity contribution in [2.75, 3.05) is 31.4 Å². The van der Waals surface area contributed by atoms with Gasteiger partial charge in [0.25, 0.3) is 11.5 Å². The van der Waals surface area contributed by atoms with Gasteiger partial charge in [-0.25, -0.2) is 0 Å². The van der Waals surface area contributed by atoms with Crippen molar-refractivity contribution in [3.63, 3.8) is 0 Å². The minimum Gasteiger partial charge on any atom is -0.466 e. The fourth-order valence-electron chi connectivity index (χ4n) is 5.17. The number of thioether (sulfide) groups is 1. The van der Waals surface area contributed by atoms with Crippen molar-refractivity contribution < 1.29 is 23.8 Å². The first-order valence-electron chi connectivity index (χ1n) is 12.9. The lowest BCUT2D eigenvalue weighted by atomic mass is 9.95. The Balaban J connectivity index is 1.46. The number of hydrogen-bond acceptors (Lipinski definition) is 10. The third kappa shape index (κ3) is 5.07. The van der Waals surface area contributed by atoms with Gasteiger partial charge in [-0.05, 0) is 56.0 Å². The van der Waals surface area contributed by atoms with Crippen molar-refractivity contribution >= 4 is 52.1 Å². The van der Waals surface area contributed by atoms with Gasteiger partial charge in [0, 0.05) is 25.7 Å². The molecule has 0 radical (unpaired) electrons. The molecule has 0 N–H and O–H groups in total. The maximum Gasteiger partial charge on any atom is 0.309 e. The van der Waals surface area contributed by atoms with Crippen molar-refractivity contribution in [1.82, 2.24) is 9.47 Å². The summed E-state index contributed by atoms with van der Waals surface area (Å²) in [5.41, 5.74) is 1.56. The first kappa shape index (κ1) is 27.7. The minimum atomic E-state index is -0.407. The zero-order valence-corrected chi connectivity index (χ0v) is 24.0. The van der Waals surface area contributed by atoms with Crippen LogP contribution in [0.3, 0.4) is 0 Å². The Kier molecular flexibility index (Phi) is 7.87. The molecule has 0 atom stereocenters. The summed E-state index contributed by atoms with van der Waals surface area (Å²) in [5, 5.41) is 9.75. The number of pyridine rings is 1. The number of benzene rings is 1. The molecule has 0 unspecified atom stereocenters. The van der Waals surface area contributed by atoms with Crippen LogP contribution in [-0.4, -0.2) is 52.2 Å². The summed E-state index contributed by atoms with van der Waals surface area (Å²) in [5.74, 6) is 1.21. The standard InChI is InChI=1S/C28H28N4O6S2/c1-4-36-27(35)18-7-9-31(10-8-18)24-19(16(2)20(13-29)25(33)30(24)3)12-23-26(34)32(28(39)40-23)14-17-5-6-21-22(11-17)38-15-37-21/h5-6,11-12,18H,4,7-10,14-15H2,1-3H3/b23-12+. The summed E-state index contributed by atoms with van der Waals surface area (Å²) in [7, 11) is 1.62. The molecule has 4 heterocycles. The van der Waals surface area contributed by atoms with Crippen LogP contribution in [0.25, 0.3) is 6.08 Å². The SMILES string of the molecule is CCOC(=O)C1CCN(c2c(/C=C3/SC(=S)N(Cc4ccc5c(c4)OCO5)C3=O)c(C)c(C#N)c(=O)n2C)CC1. The highest BCUT2D eigenvalue weighted by atomic mass is 32.2. The molecule has 1 amide bonds. The second-order valence-corrected chi connectivity index (χ2v) is 11.4. The molecule has 0 spiro atoms. The fourth-order valence-corrected chi connectivity index (χ4v) is 6.41. The summed E-state index contributed by atoms with van der Waals surface area (Å²) in [4.78, 5) is 42.8. The fraction of sp³-hybridized carbons (Fsp3) is 0.393. The number of thiocarbonyl (C=S) groups is 1. The van der Waals surface area contributed by atoms with Gasteiger partial charge in [-0.1, -0.05) is 30.0 Å². The third-order valence-corrected chi connectivity index (χ3v) is 8.69. The van der Waals surface area contributed by atoms with Gasteiger partial charge in [-0.2, -0.15) is 5.26 Å². The van der Waals surface area contributed by atoms with Gasteiger partial charge in [0.15, 0.2) is 11.5 Å². The maximum atomic E-state index is 13.5. The number of fused-ring (bicyclic) bond motifs is 1. The van der Waals surface area contributed by atoms with Crippen LogP contribution in [0.4, 0.5) is 5.82 Å². The second-order valence-electron chi connectivity index (χ2n) is 9.68. The summed E-state index contributed by atoms with van der Waals surface area (Å²) in [6, 6.07) is 7.53. The van der Waals surface area contributed by atoms with Gasteiger partial charge in [0.05, 0.1) is 24.0 Å². The third-order valence-electron chi connectivity index (χ3n) is 7.31. The van der Waals surface area contributed by atoms with Crippen molar-refractivity contribution in [3.8, 4) is 17.6 Å². The van der Waals surface area contributed by atoms with E-state index in [0.29, 0.717) is 70.2 Å². The van der Waals surface area contributed by atoms with Gasteiger partial charge in [-0.3, -0.25) is 23.9 Å². The average molecular weight is 581 g/mol. The molecule has 3 aliphatic heterocycles. The van der Waals surface area contributed by atoms with Gasteiger partial charge in [0.1, 0.15) is 21.8 Å². The molecule has 2 fully saturated rings. The molecule has 0 saturated carbocycles. The number of piperidine rings is 1. The Morgan fingerprint density at radius 3 is 2.67 bits per heavy atom. The number of hydrogen-bond donors (Lipinski definition) is 0. The molecule has 2 saturated heterocycles. The smallest absolute Gasteiger partial charge is 0.309 e. The van der Waals surface area contributed by atoms with Crippen molar-refractivity contribution in [3.05, 3.63) is 55.7 Å². The van der Waals surface area contributed by atoms with Crippen LogP contribution in [0.5, 0.6) is 11.5 Å². The van der Waals surface area contributed by atoms with E-state index in [0.717, 1.165) is 5.56 Å². The van der Waals surface area contributed by atoms with E-state index in [2.05, 4.69) is 0 Å². The molecule has 1 aromatic heterocycles. The predicted octanol–water partition coefficient (Wildman–Crippen LogP) is 3.48. The highest BCUT2D eigenvalue weighted by Gasteiger charge is 2.34. The lowest BCUT2D eigenvalue weighted by molar-refractivity contribution is -0.148. The van der Waals surface area contributed by atoms with Crippen LogP contribution < -0.4 is 19.9 Å². The first-order chi connectivity index (χ1) is 19.2. The number of carbonyl (C=O) groups excluding carboxylic acids is 2. The van der Waals surface area contributed by atoms with Crippen LogP contribution in [-0.2, 0) is 27.9 Å². The molecule has 0 bridgehead atoms. The highest BCUT2D eigenvalue weighted by molar-refractivity contribution is 8.26.